The molecule has 0 aliphatic heterocycles. The lowest BCUT2D eigenvalue weighted by molar-refractivity contribution is 0.252. The normalized spacial score (nSPS) is 10.8. The molecule has 0 radical (unpaired) electrons. The van der Waals surface area contributed by atoms with Gasteiger partial charge in [0.05, 0.1) is 14.2 Å². The summed E-state index contributed by atoms with van der Waals surface area (Å²) in [5, 5.41) is 0. The van der Waals surface area contributed by atoms with Gasteiger partial charge in [-0.05, 0) is 48.4 Å². The minimum absolute atomic E-state index is 0.906. The summed E-state index contributed by atoms with van der Waals surface area (Å²) < 4.78 is 10.5. The minimum atomic E-state index is 0.906. The van der Waals surface area contributed by atoms with E-state index in [1.807, 2.05) is 24.3 Å². The molecule has 3 nitrogen and oxygen atoms in total. The summed E-state index contributed by atoms with van der Waals surface area (Å²) in [6.07, 6.45) is 2.42. The van der Waals surface area contributed by atoms with Crippen LogP contribution in [-0.4, -0.2) is 25.7 Å². The Morgan fingerprint density at radius 2 is 1.17 bits per heavy atom. The summed E-state index contributed by atoms with van der Waals surface area (Å²) in [5.74, 6) is 1.81. The molecule has 0 bridgehead atoms. The van der Waals surface area contributed by atoms with Crippen molar-refractivity contribution in [3.63, 3.8) is 0 Å². The number of unbranched alkanes of at least 4 members (excludes halogenated alkanes) is 1. The topological polar surface area (TPSA) is 21.7 Å². The van der Waals surface area contributed by atoms with Crippen LogP contribution in [0, 0.1) is 0 Å². The van der Waals surface area contributed by atoms with Gasteiger partial charge in [-0.1, -0.05) is 37.6 Å². The second-order valence-corrected chi connectivity index (χ2v) is 5.76. The van der Waals surface area contributed by atoms with E-state index in [2.05, 4.69) is 36.1 Å². The maximum absolute atomic E-state index is 5.23. The zero-order valence-electron chi connectivity index (χ0n) is 14.4. The van der Waals surface area contributed by atoms with Gasteiger partial charge in [0.25, 0.3) is 0 Å². The molecule has 0 N–H and O–H groups in total. The Bertz CT molecular complexity index is 514. The van der Waals surface area contributed by atoms with Gasteiger partial charge < -0.3 is 9.47 Å². The van der Waals surface area contributed by atoms with Gasteiger partial charge in [-0.2, -0.15) is 0 Å². The summed E-state index contributed by atoms with van der Waals surface area (Å²) >= 11 is 0. The SMILES string of the molecule is CCCCN(Cc1ccc(OC)cc1)Cc1ccc(OC)cc1. The van der Waals surface area contributed by atoms with Gasteiger partial charge in [0.2, 0.25) is 0 Å². The molecule has 0 heterocycles. The van der Waals surface area contributed by atoms with E-state index in [4.69, 9.17) is 9.47 Å². The Morgan fingerprint density at radius 3 is 1.52 bits per heavy atom. The fourth-order valence-electron chi connectivity index (χ4n) is 2.57. The van der Waals surface area contributed by atoms with Crippen molar-refractivity contribution < 1.29 is 9.47 Å². The minimum Gasteiger partial charge on any atom is -0.497 e. The molecule has 0 amide bonds. The van der Waals surface area contributed by atoms with Crippen LogP contribution in [0.1, 0.15) is 30.9 Å². The molecule has 0 fully saturated rings. The molecule has 2 aromatic rings. The molecule has 3 heteroatoms. The van der Waals surface area contributed by atoms with Gasteiger partial charge in [0, 0.05) is 13.1 Å². The van der Waals surface area contributed by atoms with Gasteiger partial charge >= 0.3 is 0 Å². The van der Waals surface area contributed by atoms with E-state index in [9.17, 15) is 0 Å². The standard InChI is InChI=1S/C20H27NO2/c1-4-5-14-21(15-17-6-10-19(22-2)11-7-17)16-18-8-12-20(23-3)13-9-18/h6-13H,4-5,14-16H2,1-3H3. The van der Waals surface area contributed by atoms with E-state index in [0.29, 0.717) is 0 Å². The first-order chi connectivity index (χ1) is 11.2. The van der Waals surface area contributed by atoms with Crippen LogP contribution < -0.4 is 9.47 Å². The van der Waals surface area contributed by atoms with Crippen molar-refractivity contribution in [2.24, 2.45) is 0 Å². The zero-order valence-corrected chi connectivity index (χ0v) is 14.4. The monoisotopic (exact) mass is 313 g/mol. The van der Waals surface area contributed by atoms with Crippen molar-refractivity contribution in [1.29, 1.82) is 0 Å². The summed E-state index contributed by atoms with van der Waals surface area (Å²) in [6, 6.07) is 16.7. The highest BCUT2D eigenvalue weighted by Crippen LogP contribution is 2.17. The smallest absolute Gasteiger partial charge is 0.118 e. The third-order valence-corrected chi connectivity index (χ3v) is 3.96. The molecule has 2 aromatic carbocycles. The van der Waals surface area contributed by atoms with Crippen molar-refractivity contribution in [1.82, 2.24) is 4.90 Å². The molecule has 0 aliphatic rings. The quantitative estimate of drug-likeness (QED) is 0.680. The molecule has 23 heavy (non-hydrogen) atoms. The summed E-state index contributed by atoms with van der Waals surface area (Å²) in [4.78, 5) is 2.49. The predicted molar refractivity (Wildman–Crippen MR) is 95.0 cm³/mol. The molecule has 2 rings (SSSR count). The molecule has 0 unspecified atom stereocenters. The van der Waals surface area contributed by atoms with Crippen molar-refractivity contribution in [2.45, 2.75) is 32.9 Å². The largest absolute Gasteiger partial charge is 0.497 e. The molecule has 0 atom stereocenters. The van der Waals surface area contributed by atoms with Gasteiger partial charge in [-0.25, -0.2) is 0 Å². The molecule has 0 aliphatic carbocycles. The van der Waals surface area contributed by atoms with Crippen molar-refractivity contribution >= 4 is 0 Å². The van der Waals surface area contributed by atoms with Crippen molar-refractivity contribution in [2.75, 3.05) is 20.8 Å². The van der Waals surface area contributed by atoms with Crippen LogP contribution in [0.3, 0.4) is 0 Å². The van der Waals surface area contributed by atoms with E-state index in [-0.39, 0.29) is 0 Å². The van der Waals surface area contributed by atoms with E-state index in [1.54, 1.807) is 14.2 Å². The first kappa shape index (κ1) is 17.4. The van der Waals surface area contributed by atoms with E-state index < -0.39 is 0 Å². The van der Waals surface area contributed by atoms with Crippen LogP contribution in [0.5, 0.6) is 11.5 Å². The Hall–Kier alpha value is -2.00. The third kappa shape index (κ3) is 5.61. The van der Waals surface area contributed by atoms with Gasteiger partial charge in [0.1, 0.15) is 11.5 Å². The average Bonchev–Trinajstić information content (AvgIpc) is 2.61. The highest BCUT2D eigenvalue weighted by molar-refractivity contribution is 5.28. The Labute approximate surface area is 139 Å². The number of hydrogen-bond acceptors (Lipinski definition) is 3. The maximum atomic E-state index is 5.23. The van der Waals surface area contributed by atoms with Gasteiger partial charge in [0.15, 0.2) is 0 Å². The van der Waals surface area contributed by atoms with Crippen LogP contribution >= 0.6 is 0 Å². The maximum Gasteiger partial charge on any atom is 0.118 e. The fourth-order valence-corrected chi connectivity index (χ4v) is 2.57. The molecule has 0 aromatic heterocycles. The van der Waals surface area contributed by atoms with Crippen molar-refractivity contribution in [3.8, 4) is 11.5 Å². The Morgan fingerprint density at radius 1 is 0.739 bits per heavy atom. The number of benzene rings is 2. The summed E-state index contributed by atoms with van der Waals surface area (Å²) in [6.45, 7) is 5.25. The van der Waals surface area contributed by atoms with Gasteiger partial charge in [-0.15, -0.1) is 0 Å². The Balaban J connectivity index is 2.02. The number of nitrogens with zero attached hydrogens (tertiary/aromatic N) is 1. The van der Waals surface area contributed by atoms with E-state index in [0.717, 1.165) is 31.1 Å². The van der Waals surface area contributed by atoms with Crippen LogP contribution in [0.15, 0.2) is 48.5 Å². The molecule has 0 spiro atoms. The number of hydrogen-bond donors (Lipinski definition) is 0. The average molecular weight is 313 g/mol. The number of methoxy groups -OCH3 is 2. The van der Waals surface area contributed by atoms with Crippen LogP contribution in [0.25, 0.3) is 0 Å². The van der Waals surface area contributed by atoms with Crippen molar-refractivity contribution in [3.05, 3.63) is 59.7 Å². The van der Waals surface area contributed by atoms with Crippen LogP contribution in [0.2, 0.25) is 0 Å². The van der Waals surface area contributed by atoms with E-state index in [1.165, 1.54) is 24.0 Å². The fraction of sp³-hybridized carbons (Fsp3) is 0.400. The second-order valence-electron chi connectivity index (χ2n) is 5.76. The highest BCUT2D eigenvalue weighted by atomic mass is 16.5. The highest BCUT2D eigenvalue weighted by Gasteiger charge is 2.07. The summed E-state index contributed by atoms with van der Waals surface area (Å²) in [7, 11) is 3.40. The number of rotatable bonds is 9. The lowest BCUT2D eigenvalue weighted by Gasteiger charge is -2.22. The van der Waals surface area contributed by atoms with Crippen LogP contribution in [-0.2, 0) is 13.1 Å². The molecular weight excluding hydrogens is 286 g/mol. The lowest BCUT2D eigenvalue weighted by Crippen LogP contribution is -2.24. The molecule has 0 saturated carbocycles. The van der Waals surface area contributed by atoms with Gasteiger partial charge in [-0.3, -0.25) is 4.90 Å². The third-order valence-electron chi connectivity index (χ3n) is 3.96. The summed E-state index contributed by atoms with van der Waals surface area (Å²) in [5.41, 5.74) is 2.63. The number of ether oxygens (including phenoxy) is 2. The first-order valence-corrected chi connectivity index (χ1v) is 8.23. The lowest BCUT2D eigenvalue weighted by atomic mass is 10.1. The Kier molecular flexibility index (Phi) is 6.95. The van der Waals surface area contributed by atoms with Crippen LogP contribution in [0.4, 0.5) is 0 Å². The van der Waals surface area contributed by atoms with E-state index >= 15 is 0 Å². The molecular formula is C20H27NO2. The molecule has 124 valence electrons. The predicted octanol–water partition coefficient (Wildman–Crippen LogP) is 4.51. The first-order valence-electron chi connectivity index (χ1n) is 8.23. The molecule has 0 saturated heterocycles. The zero-order chi connectivity index (χ0) is 16.5. The second kappa shape index (κ2) is 9.21.